The lowest BCUT2D eigenvalue weighted by Gasteiger charge is -2.21. The zero-order valence-electron chi connectivity index (χ0n) is 15.4. The van der Waals surface area contributed by atoms with Gasteiger partial charge in [0.2, 0.25) is 0 Å². The summed E-state index contributed by atoms with van der Waals surface area (Å²) < 4.78 is 10.7. The van der Waals surface area contributed by atoms with Gasteiger partial charge in [0, 0.05) is 6.54 Å². The lowest BCUT2D eigenvalue weighted by atomic mass is 9.99. The first-order chi connectivity index (χ1) is 12.3. The molecule has 0 saturated heterocycles. The molecule has 0 aliphatic heterocycles. The van der Waals surface area contributed by atoms with Gasteiger partial charge < -0.3 is 14.8 Å². The van der Waals surface area contributed by atoms with Gasteiger partial charge in [-0.05, 0) is 31.9 Å². The molecule has 0 radical (unpaired) electrons. The van der Waals surface area contributed by atoms with Crippen LogP contribution in [0.1, 0.15) is 37.8 Å². The van der Waals surface area contributed by atoms with Crippen LogP contribution in [0, 0.1) is 0 Å². The topological polar surface area (TPSA) is 64.6 Å². The molecule has 0 aliphatic rings. The van der Waals surface area contributed by atoms with Crippen LogP contribution in [0.25, 0.3) is 0 Å². The lowest BCUT2D eigenvalue weighted by molar-refractivity contribution is -0.146. The Morgan fingerprint density at radius 1 is 0.962 bits per heavy atom. The number of amides is 1. The van der Waals surface area contributed by atoms with Crippen LogP contribution in [0.15, 0.2) is 60.7 Å². The van der Waals surface area contributed by atoms with Crippen molar-refractivity contribution in [2.24, 2.45) is 0 Å². The number of rotatable bonds is 6. The third-order valence-electron chi connectivity index (χ3n) is 3.56. The van der Waals surface area contributed by atoms with E-state index in [4.69, 9.17) is 9.47 Å². The monoisotopic (exact) mass is 355 g/mol. The molecule has 2 rings (SSSR count). The summed E-state index contributed by atoms with van der Waals surface area (Å²) in [6.07, 6.45) is -0.561. The highest BCUT2D eigenvalue weighted by Crippen LogP contribution is 2.18. The Labute approximate surface area is 154 Å². The number of hydrogen-bond donors (Lipinski definition) is 1. The van der Waals surface area contributed by atoms with E-state index in [0.29, 0.717) is 0 Å². The molecule has 1 unspecified atom stereocenters. The molecule has 2 aromatic carbocycles. The van der Waals surface area contributed by atoms with E-state index in [1.807, 2.05) is 60.7 Å². The maximum atomic E-state index is 12.6. The number of alkyl carbamates (subject to hydrolysis) is 1. The van der Waals surface area contributed by atoms with Gasteiger partial charge in [0.15, 0.2) is 0 Å². The van der Waals surface area contributed by atoms with E-state index in [0.717, 1.165) is 11.1 Å². The highest BCUT2D eigenvalue weighted by molar-refractivity contribution is 5.79. The Hall–Kier alpha value is -2.82. The molecule has 5 heteroatoms. The third kappa shape index (κ3) is 6.59. The Balaban J connectivity index is 2.01. The standard InChI is InChI=1S/C21H25NO4/c1-21(2,3)26-20(24)22-14-18(17-12-8-5-9-13-17)19(23)25-15-16-10-6-4-7-11-16/h4-13,18H,14-15H2,1-3H3,(H,22,24). The largest absolute Gasteiger partial charge is 0.460 e. The van der Waals surface area contributed by atoms with Crippen molar-refractivity contribution in [3.05, 3.63) is 71.8 Å². The lowest BCUT2D eigenvalue weighted by Crippen LogP contribution is -2.36. The Morgan fingerprint density at radius 3 is 2.12 bits per heavy atom. The zero-order valence-corrected chi connectivity index (χ0v) is 15.4. The van der Waals surface area contributed by atoms with Crippen LogP contribution in [0.5, 0.6) is 0 Å². The molecule has 0 heterocycles. The van der Waals surface area contributed by atoms with Crippen LogP contribution in [-0.4, -0.2) is 24.2 Å². The van der Waals surface area contributed by atoms with Crippen LogP contribution in [0.2, 0.25) is 0 Å². The Bertz CT molecular complexity index is 708. The predicted octanol–water partition coefficient (Wildman–Crippen LogP) is 4.04. The molecule has 0 aromatic heterocycles. The average molecular weight is 355 g/mol. The molecule has 0 spiro atoms. The minimum absolute atomic E-state index is 0.104. The minimum Gasteiger partial charge on any atom is -0.460 e. The maximum Gasteiger partial charge on any atom is 0.407 e. The fourth-order valence-corrected chi connectivity index (χ4v) is 2.35. The van der Waals surface area contributed by atoms with Gasteiger partial charge in [0.25, 0.3) is 0 Å². The van der Waals surface area contributed by atoms with E-state index < -0.39 is 23.6 Å². The second-order valence-electron chi connectivity index (χ2n) is 6.94. The second-order valence-corrected chi connectivity index (χ2v) is 6.94. The quantitative estimate of drug-likeness (QED) is 0.794. The van der Waals surface area contributed by atoms with Crippen molar-refractivity contribution >= 4 is 12.1 Å². The van der Waals surface area contributed by atoms with Crippen LogP contribution in [-0.2, 0) is 20.9 Å². The van der Waals surface area contributed by atoms with Gasteiger partial charge in [-0.25, -0.2) is 4.79 Å². The Kier molecular flexibility index (Phi) is 6.78. The molecular weight excluding hydrogens is 330 g/mol. The highest BCUT2D eigenvalue weighted by atomic mass is 16.6. The van der Waals surface area contributed by atoms with E-state index >= 15 is 0 Å². The smallest absolute Gasteiger partial charge is 0.407 e. The molecule has 26 heavy (non-hydrogen) atoms. The van der Waals surface area contributed by atoms with Gasteiger partial charge in [-0.2, -0.15) is 0 Å². The molecule has 1 amide bonds. The summed E-state index contributed by atoms with van der Waals surface area (Å²) in [4.78, 5) is 24.5. The average Bonchev–Trinajstić information content (AvgIpc) is 2.60. The zero-order chi connectivity index (χ0) is 19.0. The van der Waals surface area contributed by atoms with Crippen LogP contribution >= 0.6 is 0 Å². The number of ether oxygens (including phenoxy) is 2. The molecule has 5 nitrogen and oxygen atoms in total. The second kappa shape index (κ2) is 9.04. The molecule has 0 saturated carbocycles. The molecule has 0 fully saturated rings. The van der Waals surface area contributed by atoms with Gasteiger partial charge in [0.1, 0.15) is 12.2 Å². The summed E-state index contributed by atoms with van der Waals surface area (Å²) in [5, 5.41) is 2.65. The molecule has 138 valence electrons. The van der Waals surface area contributed by atoms with Crippen molar-refractivity contribution in [1.82, 2.24) is 5.32 Å². The number of hydrogen-bond acceptors (Lipinski definition) is 4. The summed E-state index contributed by atoms with van der Waals surface area (Å²) >= 11 is 0. The number of carbonyl (C=O) groups is 2. The van der Waals surface area contributed by atoms with Gasteiger partial charge in [-0.1, -0.05) is 60.7 Å². The summed E-state index contributed by atoms with van der Waals surface area (Å²) in [5.74, 6) is -0.997. The molecule has 0 aliphatic carbocycles. The van der Waals surface area contributed by atoms with Gasteiger partial charge in [-0.15, -0.1) is 0 Å². The summed E-state index contributed by atoms with van der Waals surface area (Å²) in [5.41, 5.74) is 1.09. The van der Waals surface area contributed by atoms with Gasteiger partial charge >= 0.3 is 12.1 Å². The van der Waals surface area contributed by atoms with E-state index in [9.17, 15) is 9.59 Å². The first-order valence-electron chi connectivity index (χ1n) is 8.57. The Morgan fingerprint density at radius 2 is 1.54 bits per heavy atom. The van der Waals surface area contributed by atoms with Crippen molar-refractivity contribution in [3.63, 3.8) is 0 Å². The van der Waals surface area contributed by atoms with E-state index in [2.05, 4.69) is 5.32 Å². The molecule has 2 aromatic rings. The van der Waals surface area contributed by atoms with Crippen LogP contribution in [0.4, 0.5) is 4.79 Å². The first kappa shape index (κ1) is 19.5. The predicted molar refractivity (Wildman–Crippen MR) is 99.7 cm³/mol. The number of benzene rings is 2. The van der Waals surface area contributed by atoms with E-state index in [-0.39, 0.29) is 13.2 Å². The number of esters is 1. The van der Waals surface area contributed by atoms with E-state index in [1.54, 1.807) is 20.8 Å². The molecular formula is C21H25NO4. The molecule has 1 N–H and O–H groups in total. The van der Waals surface area contributed by atoms with Crippen molar-refractivity contribution in [1.29, 1.82) is 0 Å². The normalized spacial score (nSPS) is 12.1. The van der Waals surface area contributed by atoms with Crippen molar-refractivity contribution < 1.29 is 19.1 Å². The summed E-state index contributed by atoms with van der Waals surface area (Å²) in [7, 11) is 0. The maximum absolute atomic E-state index is 12.6. The first-order valence-corrected chi connectivity index (χ1v) is 8.57. The third-order valence-corrected chi connectivity index (χ3v) is 3.56. The van der Waals surface area contributed by atoms with Crippen molar-refractivity contribution in [2.75, 3.05) is 6.54 Å². The fraction of sp³-hybridized carbons (Fsp3) is 0.333. The summed E-state index contributed by atoms with van der Waals surface area (Å²) in [6.45, 7) is 5.65. The minimum atomic E-state index is -0.604. The van der Waals surface area contributed by atoms with E-state index in [1.165, 1.54) is 0 Å². The fourth-order valence-electron chi connectivity index (χ4n) is 2.35. The molecule has 1 atom stereocenters. The number of carbonyl (C=O) groups excluding carboxylic acids is 2. The SMILES string of the molecule is CC(C)(C)OC(=O)NCC(C(=O)OCc1ccccc1)c1ccccc1. The van der Waals surface area contributed by atoms with Crippen LogP contribution < -0.4 is 5.32 Å². The molecule has 0 bridgehead atoms. The summed E-state index contributed by atoms with van der Waals surface area (Å²) in [6, 6.07) is 18.7. The van der Waals surface area contributed by atoms with Crippen molar-refractivity contribution in [2.45, 2.75) is 38.9 Å². The van der Waals surface area contributed by atoms with Gasteiger partial charge in [0.05, 0.1) is 5.92 Å². The van der Waals surface area contributed by atoms with Gasteiger partial charge in [-0.3, -0.25) is 4.79 Å². The van der Waals surface area contributed by atoms with Crippen molar-refractivity contribution in [3.8, 4) is 0 Å². The van der Waals surface area contributed by atoms with Crippen LogP contribution in [0.3, 0.4) is 0 Å². The highest BCUT2D eigenvalue weighted by Gasteiger charge is 2.24. The number of nitrogens with one attached hydrogen (secondary N) is 1.